The zero-order valence-corrected chi connectivity index (χ0v) is 10.0. The number of hydrogen-bond acceptors (Lipinski definition) is 4. The fraction of sp³-hybridized carbons (Fsp3) is 0. The highest BCUT2D eigenvalue weighted by molar-refractivity contribution is 5.83. The van der Waals surface area contributed by atoms with Crippen LogP contribution in [0.4, 0.5) is 5.69 Å². The van der Waals surface area contributed by atoms with E-state index in [1.54, 1.807) is 18.3 Å². The highest BCUT2D eigenvalue weighted by atomic mass is 16.6. The van der Waals surface area contributed by atoms with Crippen molar-refractivity contribution >= 4 is 18.1 Å². The minimum atomic E-state index is -0.440. The molecule has 0 atom stereocenters. The Morgan fingerprint density at radius 2 is 1.53 bits per heavy atom. The SMILES string of the molecule is O=[N+]([O-])c1cccc(/C=N/N=C\c2ccccc2)c1. The van der Waals surface area contributed by atoms with Crippen LogP contribution in [0.15, 0.2) is 64.8 Å². The van der Waals surface area contributed by atoms with Crippen LogP contribution in [-0.2, 0) is 0 Å². The van der Waals surface area contributed by atoms with Gasteiger partial charge in [-0.3, -0.25) is 10.1 Å². The molecule has 0 bridgehead atoms. The lowest BCUT2D eigenvalue weighted by Crippen LogP contribution is -1.89. The number of nitro benzene ring substituents is 1. The van der Waals surface area contributed by atoms with Crippen LogP contribution in [0.2, 0.25) is 0 Å². The number of hydrogen-bond donors (Lipinski definition) is 0. The van der Waals surface area contributed by atoms with Crippen LogP contribution in [0.3, 0.4) is 0 Å². The van der Waals surface area contributed by atoms with E-state index in [1.165, 1.54) is 18.3 Å². The molecule has 0 aliphatic rings. The lowest BCUT2D eigenvalue weighted by molar-refractivity contribution is -0.384. The van der Waals surface area contributed by atoms with Crippen LogP contribution in [0.1, 0.15) is 11.1 Å². The van der Waals surface area contributed by atoms with E-state index < -0.39 is 4.92 Å². The Morgan fingerprint density at radius 3 is 2.21 bits per heavy atom. The summed E-state index contributed by atoms with van der Waals surface area (Å²) >= 11 is 0. The predicted octanol–water partition coefficient (Wildman–Crippen LogP) is 3.05. The molecule has 2 aromatic rings. The molecular weight excluding hydrogens is 242 g/mol. The van der Waals surface area contributed by atoms with E-state index in [0.29, 0.717) is 5.56 Å². The van der Waals surface area contributed by atoms with Crippen molar-refractivity contribution in [3.8, 4) is 0 Å². The summed E-state index contributed by atoms with van der Waals surface area (Å²) in [5.41, 5.74) is 1.62. The highest BCUT2D eigenvalue weighted by Gasteiger charge is 2.03. The molecule has 0 N–H and O–H groups in total. The van der Waals surface area contributed by atoms with Crippen molar-refractivity contribution in [2.45, 2.75) is 0 Å². The Labute approximate surface area is 110 Å². The van der Waals surface area contributed by atoms with Crippen molar-refractivity contribution in [3.05, 3.63) is 75.8 Å². The van der Waals surface area contributed by atoms with Gasteiger partial charge >= 0.3 is 0 Å². The summed E-state index contributed by atoms with van der Waals surface area (Å²) in [7, 11) is 0. The zero-order chi connectivity index (χ0) is 13.5. The fourth-order valence-corrected chi connectivity index (χ4v) is 1.46. The fourth-order valence-electron chi connectivity index (χ4n) is 1.46. The maximum atomic E-state index is 10.6. The van der Waals surface area contributed by atoms with E-state index in [9.17, 15) is 10.1 Å². The Morgan fingerprint density at radius 1 is 0.895 bits per heavy atom. The molecule has 0 unspecified atom stereocenters. The molecule has 0 radical (unpaired) electrons. The molecule has 5 nitrogen and oxygen atoms in total. The first-order valence-electron chi connectivity index (χ1n) is 5.61. The molecule has 0 aromatic heterocycles. The first kappa shape index (κ1) is 12.6. The summed E-state index contributed by atoms with van der Waals surface area (Å²) in [6.07, 6.45) is 3.10. The Hall–Kier alpha value is -2.82. The van der Waals surface area contributed by atoms with Crippen molar-refractivity contribution < 1.29 is 4.92 Å². The van der Waals surface area contributed by atoms with E-state index >= 15 is 0 Å². The number of non-ortho nitro benzene ring substituents is 1. The van der Waals surface area contributed by atoms with E-state index in [1.807, 2.05) is 30.3 Å². The third kappa shape index (κ3) is 3.85. The maximum Gasteiger partial charge on any atom is 0.270 e. The molecule has 19 heavy (non-hydrogen) atoms. The zero-order valence-electron chi connectivity index (χ0n) is 10.0. The Bertz CT molecular complexity index is 622. The van der Waals surface area contributed by atoms with Crippen molar-refractivity contribution in [3.63, 3.8) is 0 Å². The molecule has 5 heteroatoms. The number of nitrogens with zero attached hydrogens (tertiary/aromatic N) is 3. The molecule has 0 aliphatic carbocycles. The van der Waals surface area contributed by atoms with Crippen molar-refractivity contribution in [1.82, 2.24) is 0 Å². The molecule has 0 saturated heterocycles. The second-order valence-electron chi connectivity index (χ2n) is 3.75. The Kier molecular flexibility index (Phi) is 4.12. The molecule has 0 heterocycles. The van der Waals surface area contributed by atoms with Gasteiger partial charge < -0.3 is 0 Å². The first-order valence-corrected chi connectivity index (χ1v) is 5.61. The minimum Gasteiger partial charge on any atom is -0.258 e. The van der Waals surface area contributed by atoms with Gasteiger partial charge in [0.1, 0.15) is 0 Å². The average molecular weight is 253 g/mol. The van der Waals surface area contributed by atoms with Gasteiger partial charge in [0.15, 0.2) is 0 Å². The van der Waals surface area contributed by atoms with Gasteiger partial charge in [0.05, 0.1) is 17.4 Å². The lowest BCUT2D eigenvalue weighted by Gasteiger charge is -1.92. The van der Waals surface area contributed by atoms with Crippen LogP contribution in [0, 0.1) is 10.1 Å². The monoisotopic (exact) mass is 253 g/mol. The minimum absolute atomic E-state index is 0.0380. The van der Waals surface area contributed by atoms with E-state index in [-0.39, 0.29) is 5.69 Å². The third-order valence-corrected chi connectivity index (χ3v) is 2.36. The molecular formula is C14H11N3O2. The highest BCUT2D eigenvalue weighted by Crippen LogP contribution is 2.11. The summed E-state index contributed by atoms with van der Waals surface area (Å²) in [4.78, 5) is 10.2. The standard InChI is InChI=1S/C14H11N3O2/c18-17(19)14-8-4-7-13(9-14)11-16-15-10-12-5-2-1-3-6-12/h1-11H/b15-10-,16-11+. The number of rotatable bonds is 4. The van der Waals surface area contributed by atoms with Gasteiger partial charge in [-0.15, -0.1) is 0 Å². The van der Waals surface area contributed by atoms with Gasteiger partial charge in [0.2, 0.25) is 0 Å². The molecule has 0 fully saturated rings. The summed E-state index contributed by atoms with van der Waals surface area (Å²) in [6.45, 7) is 0. The Balaban J connectivity index is 2.05. The van der Waals surface area contributed by atoms with Gasteiger partial charge in [-0.1, -0.05) is 42.5 Å². The maximum absolute atomic E-state index is 10.6. The lowest BCUT2D eigenvalue weighted by atomic mass is 10.2. The number of benzene rings is 2. The van der Waals surface area contributed by atoms with Crippen molar-refractivity contribution in [2.75, 3.05) is 0 Å². The van der Waals surface area contributed by atoms with Crippen LogP contribution in [0.5, 0.6) is 0 Å². The predicted molar refractivity (Wildman–Crippen MR) is 74.7 cm³/mol. The summed E-state index contributed by atoms with van der Waals surface area (Å²) < 4.78 is 0. The van der Waals surface area contributed by atoms with Crippen LogP contribution < -0.4 is 0 Å². The summed E-state index contributed by atoms with van der Waals surface area (Å²) in [5.74, 6) is 0. The van der Waals surface area contributed by atoms with Crippen molar-refractivity contribution in [2.24, 2.45) is 10.2 Å². The van der Waals surface area contributed by atoms with Crippen molar-refractivity contribution in [1.29, 1.82) is 0 Å². The molecule has 94 valence electrons. The molecule has 0 amide bonds. The molecule has 0 spiro atoms. The van der Waals surface area contributed by atoms with Gasteiger partial charge in [-0.25, -0.2) is 0 Å². The topological polar surface area (TPSA) is 67.9 Å². The molecule has 2 aromatic carbocycles. The second kappa shape index (κ2) is 6.20. The smallest absolute Gasteiger partial charge is 0.258 e. The molecule has 2 rings (SSSR count). The summed E-state index contributed by atoms with van der Waals surface area (Å²) in [6, 6.07) is 15.8. The average Bonchev–Trinajstić information content (AvgIpc) is 2.45. The van der Waals surface area contributed by atoms with E-state index in [0.717, 1.165) is 5.56 Å². The van der Waals surface area contributed by atoms with E-state index in [2.05, 4.69) is 10.2 Å². The second-order valence-corrected chi connectivity index (χ2v) is 3.75. The largest absolute Gasteiger partial charge is 0.270 e. The first-order chi connectivity index (χ1) is 9.25. The molecule has 0 saturated carbocycles. The van der Waals surface area contributed by atoms with Crippen LogP contribution in [0.25, 0.3) is 0 Å². The summed E-state index contributed by atoms with van der Waals surface area (Å²) in [5, 5.41) is 18.3. The molecule has 0 aliphatic heterocycles. The van der Waals surface area contributed by atoms with Gasteiger partial charge in [-0.2, -0.15) is 10.2 Å². The van der Waals surface area contributed by atoms with Gasteiger partial charge in [0.25, 0.3) is 5.69 Å². The third-order valence-electron chi connectivity index (χ3n) is 2.36. The van der Waals surface area contributed by atoms with Gasteiger partial charge in [-0.05, 0) is 5.56 Å². The van der Waals surface area contributed by atoms with E-state index in [4.69, 9.17) is 0 Å². The van der Waals surface area contributed by atoms with Gasteiger partial charge in [0, 0.05) is 17.7 Å². The quantitative estimate of drug-likeness (QED) is 0.477. The normalized spacial score (nSPS) is 11.2. The number of nitro groups is 1. The van der Waals surface area contributed by atoms with Crippen LogP contribution >= 0.6 is 0 Å². The van der Waals surface area contributed by atoms with Crippen LogP contribution in [-0.4, -0.2) is 17.4 Å².